The maximum absolute atomic E-state index is 13.7. The van der Waals surface area contributed by atoms with E-state index in [9.17, 15) is 14.0 Å². The van der Waals surface area contributed by atoms with Gasteiger partial charge in [-0.25, -0.2) is 9.18 Å². The van der Waals surface area contributed by atoms with E-state index in [1.54, 1.807) is 48.5 Å². The predicted molar refractivity (Wildman–Crippen MR) is 116 cm³/mol. The van der Waals surface area contributed by atoms with Gasteiger partial charge in [0.05, 0.1) is 5.41 Å². The van der Waals surface area contributed by atoms with Crippen LogP contribution in [-0.4, -0.2) is 11.9 Å². The number of carbonyl (C=O) groups is 2. The summed E-state index contributed by atoms with van der Waals surface area (Å²) in [5.74, 6) is -0.474. The van der Waals surface area contributed by atoms with Crippen LogP contribution in [0.15, 0.2) is 78.9 Å². The number of amides is 3. The molecule has 0 heterocycles. The Morgan fingerprint density at radius 1 is 0.733 bits per heavy atom. The van der Waals surface area contributed by atoms with Gasteiger partial charge in [0.25, 0.3) is 0 Å². The Bertz CT molecular complexity index is 1050. The molecule has 152 valence electrons. The van der Waals surface area contributed by atoms with Gasteiger partial charge in [-0.05, 0) is 66.9 Å². The van der Waals surface area contributed by atoms with E-state index in [0.29, 0.717) is 35.5 Å². The van der Waals surface area contributed by atoms with Crippen molar-refractivity contribution >= 4 is 29.0 Å². The lowest BCUT2D eigenvalue weighted by atomic mass is 9.63. The lowest BCUT2D eigenvalue weighted by Gasteiger charge is -2.40. The van der Waals surface area contributed by atoms with E-state index < -0.39 is 5.41 Å². The summed E-state index contributed by atoms with van der Waals surface area (Å²) in [7, 11) is 0. The molecule has 0 radical (unpaired) electrons. The third-order valence-corrected chi connectivity index (χ3v) is 5.45. The van der Waals surface area contributed by atoms with Gasteiger partial charge in [0.2, 0.25) is 5.91 Å². The maximum Gasteiger partial charge on any atom is 0.323 e. The molecule has 0 saturated heterocycles. The summed E-state index contributed by atoms with van der Waals surface area (Å²) >= 11 is 0. The van der Waals surface area contributed by atoms with Crippen LogP contribution in [-0.2, 0) is 10.2 Å². The van der Waals surface area contributed by atoms with Gasteiger partial charge in [-0.1, -0.05) is 36.8 Å². The van der Waals surface area contributed by atoms with Gasteiger partial charge in [0.15, 0.2) is 0 Å². The first-order valence-electron chi connectivity index (χ1n) is 9.86. The average molecular weight is 403 g/mol. The number of para-hydroxylation sites is 1. The van der Waals surface area contributed by atoms with Gasteiger partial charge in [-0.15, -0.1) is 0 Å². The van der Waals surface area contributed by atoms with Crippen molar-refractivity contribution in [1.82, 2.24) is 0 Å². The smallest absolute Gasteiger partial charge is 0.323 e. The van der Waals surface area contributed by atoms with Crippen LogP contribution in [0.3, 0.4) is 0 Å². The highest BCUT2D eigenvalue weighted by Gasteiger charge is 2.45. The normalized spacial score (nSPS) is 14.3. The van der Waals surface area contributed by atoms with Crippen molar-refractivity contribution in [3.05, 3.63) is 90.2 Å². The summed E-state index contributed by atoms with van der Waals surface area (Å²) in [6, 6.07) is 22.0. The Hall–Kier alpha value is -3.67. The van der Waals surface area contributed by atoms with E-state index >= 15 is 0 Å². The first-order valence-corrected chi connectivity index (χ1v) is 9.86. The van der Waals surface area contributed by atoms with Gasteiger partial charge < -0.3 is 16.0 Å². The molecule has 6 heteroatoms. The average Bonchev–Trinajstić information content (AvgIpc) is 2.69. The van der Waals surface area contributed by atoms with E-state index in [1.165, 1.54) is 12.1 Å². The number of benzene rings is 3. The van der Waals surface area contributed by atoms with E-state index in [1.807, 2.05) is 18.2 Å². The number of urea groups is 1. The molecule has 0 bridgehead atoms. The molecule has 3 aromatic carbocycles. The van der Waals surface area contributed by atoms with Crippen LogP contribution in [0.4, 0.5) is 26.2 Å². The second-order valence-corrected chi connectivity index (χ2v) is 7.42. The first kappa shape index (κ1) is 19.6. The van der Waals surface area contributed by atoms with Crippen molar-refractivity contribution < 1.29 is 14.0 Å². The van der Waals surface area contributed by atoms with Crippen LogP contribution < -0.4 is 16.0 Å². The Kier molecular flexibility index (Phi) is 5.48. The summed E-state index contributed by atoms with van der Waals surface area (Å²) in [5, 5.41) is 8.43. The minimum Gasteiger partial charge on any atom is -0.325 e. The highest BCUT2D eigenvalue weighted by atomic mass is 19.1. The highest BCUT2D eigenvalue weighted by Crippen LogP contribution is 2.44. The molecule has 5 nitrogen and oxygen atoms in total. The molecule has 3 amide bonds. The predicted octanol–water partition coefficient (Wildman–Crippen LogP) is 5.53. The number of nitrogens with one attached hydrogen (secondary N) is 3. The molecule has 0 aliphatic heterocycles. The van der Waals surface area contributed by atoms with Crippen LogP contribution in [0.25, 0.3) is 0 Å². The summed E-state index contributed by atoms with van der Waals surface area (Å²) in [5.41, 5.74) is 1.94. The van der Waals surface area contributed by atoms with Crippen molar-refractivity contribution in [2.45, 2.75) is 24.7 Å². The monoisotopic (exact) mass is 403 g/mol. The topological polar surface area (TPSA) is 70.2 Å². The molecule has 1 fully saturated rings. The molecule has 30 heavy (non-hydrogen) atoms. The summed E-state index contributed by atoms with van der Waals surface area (Å²) in [6.45, 7) is 0. The molecule has 0 atom stereocenters. The van der Waals surface area contributed by atoms with Gasteiger partial charge >= 0.3 is 6.03 Å². The number of carbonyl (C=O) groups excluding carboxylic acids is 2. The SMILES string of the molecule is O=C(Nc1ccccc1)Nc1ccc(NC(=O)C2(c3cccc(F)c3)CCC2)cc1. The summed E-state index contributed by atoms with van der Waals surface area (Å²) in [4.78, 5) is 25.1. The lowest BCUT2D eigenvalue weighted by Crippen LogP contribution is -2.46. The standard InChI is InChI=1S/C24H22FN3O2/c25-18-7-4-6-17(16-18)24(14-5-15-24)22(29)26-20-10-12-21(13-11-20)28-23(30)27-19-8-2-1-3-9-19/h1-4,6-13,16H,5,14-15H2,(H,26,29)(H2,27,28,30). The van der Waals surface area contributed by atoms with Crippen LogP contribution in [0, 0.1) is 5.82 Å². The van der Waals surface area contributed by atoms with Crippen LogP contribution in [0.1, 0.15) is 24.8 Å². The number of halogens is 1. The van der Waals surface area contributed by atoms with Crippen LogP contribution >= 0.6 is 0 Å². The van der Waals surface area contributed by atoms with Gasteiger partial charge in [0, 0.05) is 17.1 Å². The zero-order valence-corrected chi connectivity index (χ0v) is 16.3. The molecule has 0 aromatic heterocycles. The number of rotatable bonds is 5. The minimum absolute atomic E-state index is 0.137. The maximum atomic E-state index is 13.7. The molecule has 1 saturated carbocycles. The quantitative estimate of drug-likeness (QED) is 0.524. The molecule has 1 aliphatic rings. The minimum atomic E-state index is -0.686. The number of hydrogen-bond donors (Lipinski definition) is 3. The fourth-order valence-electron chi connectivity index (χ4n) is 3.67. The van der Waals surface area contributed by atoms with E-state index in [4.69, 9.17) is 0 Å². The second kappa shape index (κ2) is 8.37. The highest BCUT2D eigenvalue weighted by molar-refractivity contribution is 6.01. The first-order chi connectivity index (χ1) is 14.5. The summed E-state index contributed by atoms with van der Waals surface area (Å²) < 4.78 is 13.7. The van der Waals surface area contributed by atoms with Crippen molar-refractivity contribution in [2.24, 2.45) is 0 Å². The molecule has 4 rings (SSSR count). The Labute approximate surface area is 174 Å². The fraction of sp³-hybridized carbons (Fsp3) is 0.167. The lowest BCUT2D eigenvalue weighted by molar-refractivity contribution is -0.124. The van der Waals surface area contributed by atoms with Crippen molar-refractivity contribution in [1.29, 1.82) is 0 Å². The molecular weight excluding hydrogens is 381 g/mol. The largest absolute Gasteiger partial charge is 0.325 e. The fourth-order valence-corrected chi connectivity index (χ4v) is 3.67. The molecule has 1 aliphatic carbocycles. The molecule has 3 N–H and O–H groups in total. The summed E-state index contributed by atoms with van der Waals surface area (Å²) in [6.07, 6.45) is 2.33. The van der Waals surface area contributed by atoms with Gasteiger partial charge in [0.1, 0.15) is 5.82 Å². The number of anilines is 3. The van der Waals surface area contributed by atoms with Crippen molar-refractivity contribution in [2.75, 3.05) is 16.0 Å². The van der Waals surface area contributed by atoms with Gasteiger partial charge in [-0.3, -0.25) is 4.79 Å². The van der Waals surface area contributed by atoms with Crippen LogP contribution in [0.2, 0.25) is 0 Å². The molecule has 3 aromatic rings. The Morgan fingerprint density at radius 2 is 1.33 bits per heavy atom. The van der Waals surface area contributed by atoms with Crippen molar-refractivity contribution in [3.8, 4) is 0 Å². The zero-order chi connectivity index (χ0) is 21.0. The second-order valence-electron chi connectivity index (χ2n) is 7.42. The third kappa shape index (κ3) is 4.17. The molecule has 0 spiro atoms. The zero-order valence-electron chi connectivity index (χ0n) is 16.3. The third-order valence-electron chi connectivity index (χ3n) is 5.45. The van der Waals surface area contributed by atoms with Crippen LogP contribution in [0.5, 0.6) is 0 Å². The van der Waals surface area contributed by atoms with E-state index in [0.717, 1.165) is 6.42 Å². The van der Waals surface area contributed by atoms with Crippen molar-refractivity contribution in [3.63, 3.8) is 0 Å². The van der Waals surface area contributed by atoms with Gasteiger partial charge in [-0.2, -0.15) is 0 Å². The number of hydrogen-bond acceptors (Lipinski definition) is 2. The molecular formula is C24H22FN3O2. The Morgan fingerprint density at radius 3 is 1.90 bits per heavy atom. The Balaban J connectivity index is 1.39. The van der Waals surface area contributed by atoms with E-state index in [-0.39, 0.29) is 17.8 Å². The molecule has 0 unspecified atom stereocenters. The van der Waals surface area contributed by atoms with E-state index in [2.05, 4.69) is 16.0 Å².